The number of para-hydroxylation sites is 1. The van der Waals surface area contributed by atoms with Gasteiger partial charge in [0.25, 0.3) is 5.56 Å². The molecule has 3 rings (SSSR count). The maximum atomic E-state index is 13.0. The number of nitrogens with zero attached hydrogens (tertiary/aromatic N) is 3. The van der Waals surface area contributed by atoms with Crippen molar-refractivity contribution < 1.29 is 4.79 Å². The second-order valence-electron chi connectivity index (χ2n) is 7.93. The number of hydrogen-bond donors (Lipinski definition) is 0. The van der Waals surface area contributed by atoms with Crippen molar-refractivity contribution in [2.45, 2.75) is 44.9 Å². The fraction of sp³-hybridized carbons (Fsp3) is 0.375. The Labute approximate surface area is 182 Å². The zero-order valence-electron chi connectivity index (χ0n) is 18.0. The van der Waals surface area contributed by atoms with Gasteiger partial charge < -0.3 is 4.90 Å². The molecule has 0 aliphatic rings. The van der Waals surface area contributed by atoms with Crippen LogP contribution in [0.3, 0.4) is 0 Å². The summed E-state index contributed by atoms with van der Waals surface area (Å²) in [6.07, 6.45) is 0.881. The number of benzene rings is 2. The van der Waals surface area contributed by atoms with Crippen LogP contribution in [0.1, 0.15) is 38.8 Å². The summed E-state index contributed by atoms with van der Waals surface area (Å²) in [6.45, 7) is 6.89. The minimum absolute atomic E-state index is 0.00849. The van der Waals surface area contributed by atoms with Crippen LogP contribution in [-0.2, 0) is 11.3 Å². The summed E-state index contributed by atoms with van der Waals surface area (Å²) in [4.78, 5) is 32.3. The zero-order chi connectivity index (χ0) is 21.7. The van der Waals surface area contributed by atoms with Gasteiger partial charge in [-0.25, -0.2) is 4.98 Å². The van der Waals surface area contributed by atoms with Gasteiger partial charge in [0.15, 0.2) is 5.16 Å². The molecule has 1 heterocycles. The maximum Gasteiger partial charge on any atom is 0.262 e. The van der Waals surface area contributed by atoms with E-state index in [1.54, 1.807) is 9.47 Å². The Morgan fingerprint density at radius 3 is 2.43 bits per heavy atom. The first-order chi connectivity index (χ1) is 14.4. The van der Waals surface area contributed by atoms with E-state index < -0.39 is 0 Å². The Balaban J connectivity index is 1.81. The predicted octanol–water partition coefficient (Wildman–Crippen LogP) is 4.75. The Morgan fingerprint density at radius 1 is 1.07 bits per heavy atom. The van der Waals surface area contributed by atoms with E-state index in [9.17, 15) is 9.59 Å². The highest BCUT2D eigenvalue weighted by Gasteiger charge is 2.19. The average Bonchev–Trinajstić information content (AvgIpc) is 2.76. The number of hydrogen-bond acceptors (Lipinski definition) is 4. The van der Waals surface area contributed by atoms with Crippen molar-refractivity contribution in [3.63, 3.8) is 0 Å². The molecule has 0 aliphatic carbocycles. The SMILES string of the molecule is CC(C)CCn1c(SCC(=O)N(C)C(C)c2ccccc2)nc2ccccc2c1=O. The van der Waals surface area contributed by atoms with Crippen molar-refractivity contribution >= 4 is 28.6 Å². The molecule has 0 radical (unpaired) electrons. The summed E-state index contributed by atoms with van der Waals surface area (Å²) in [7, 11) is 1.82. The average molecular weight is 424 g/mol. The van der Waals surface area contributed by atoms with Crippen LogP contribution in [0.25, 0.3) is 10.9 Å². The van der Waals surface area contributed by atoms with E-state index in [4.69, 9.17) is 4.98 Å². The number of carbonyl (C=O) groups excluding carboxylic acids is 1. The fourth-order valence-corrected chi connectivity index (χ4v) is 4.19. The Kier molecular flexibility index (Phi) is 7.32. The number of carbonyl (C=O) groups is 1. The standard InChI is InChI=1S/C24H29N3O2S/c1-17(2)14-15-27-23(29)20-12-8-9-13-21(20)25-24(27)30-16-22(28)26(4)18(3)19-10-6-5-7-11-19/h5-13,17-18H,14-16H2,1-4H3. The molecule has 0 saturated carbocycles. The molecule has 158 valence electrons. The second kappa shape index (κ2) is 9.94. The summed E-state index contributed by atoms with van der Waals surface area (Å²) in [5, 5.41) is 1.22. The van der Waals surface area contributed by atoms with Crippen molar-refractivity contribution in [1.82, 2.24) is 14.5 Å². The molecule has 6 heteroatoms. The van der Waals surface area contributed by atoms with Crippen LogP contribution in [0.4, 0.5) is 0 Å². The molecule has 1 amide bonds. The molecule has 1 atom stereocenters. The largest absolute Gasteiger partial charge is 0.338 e. The van der Waals surface area contributed by atoms with Gasteiger partial charge in [-0.05, 0) is 37.0 Å². The van der Waals surface area contributed by atoms with Crippen molar-refractivity contribution in [1.29, 1.82) is 0 Å². The first-order valence-electron chi connectivity index (χ1n) is 10.3. The van der Waals surface area contributed by atoms with Crippen LogP contribution in [0.15, 0.2) is 64.5 Å². The molecule has 2 aromatic carbocycles. The van der Waals surface area contributed by atoms with Gasteiger partial charge in [-0.15, -0.1) is 0 Å². The van der Waals surface area contributed by atoms with Crippen LogP contribution in [-0.4, -0.2) is 33.2 Å². The van der Waals surface area contributed by atoms with E-state index in [0.717, 1.165) is 12.0 Å². The van der Waals surface area contributed by atoms with Crippen LogP contribution >= 0.6 is 11.8 Å². The van der Waals surface area contributed by atoms with E-state index in [1.165, 1.54) is 11.8 Å². The minimum atomic E-state index is -0.0396. The van der Waals surface area contributed by atoms with Gasteiger partial charge >= 0.3 is 0 Å². The van der Waals surface area contributed by atoms with Crippen molar-refractivity contribution in [2.75, 3.05) is 12.8 Å². The highest BCUT2D eigenvalue weighted by molar-refractivity contribution is 7.99. The molecular formula is C24H29N3O2S. The number of amides is 1. The molecule has 0 N–H and O–H groups in total. The highest BCUT2D eigenvalue weighted by atomic mass is 32.2. The Morgan fingerprint density at radius 2 is 1.73 bits per heavy atom. The first kappa shape index (κ1) is 22.1. The van der Waals surface area contributed by atoms with Gasteiger partial charge in [0, 0.05) is 13.6 Å². The summed E-state index contributed by atoms with van der Waals surface area (Å²) < 4.78 is 1.72. The van der Waals surface area contributed by atoms with Crippen molar-refractivity contribution in [2.24, 2.45) is 5.92 Å². The lowest BCUT2D eigenvalue weighted by Gasteiger charge is -2.25. The van der Waals surface area contributed by atoms with E-state index >= 15 is 0 Å². The number of fused-ring (bicyclic) bond motifs is 1. The van der Waals surface area contributed by atoms with E-state index in [0.29, 0.717) is 28.5 Å². The second-order valence-corrected chi connectivity index (χ2v) is 8.87. The quantitative estimate of drug-likeness (QED) is 0.387. The molecule has 5 nitrogen and oxygen atoms in total. The zero-order valence-corrected chi connectivity index (χ0v) is 18.9. The van der Waals surface area contributed by atoms with Crippen LogP contribution < -0.4 is 5.56 Å². The van der Waals surface area contributed by atoms with Crippen molar-refractivity contribution in [3.05, 3.63) is 70.5 Å². The number of thioether (sulfide) groups is 1. The Bertz CT molecular complexity index is 1060. The van der Waals surface area contributed by atoms with E-state index in [2.05, 4.69) is 13.8 Å². The van der Waals surface area contributed by atoms with Gasteiger partial charge in [-0.3, -0.25) is 14.2 Å². The molecule has 0 aliphatic heterocycles. The summed E-state index contributed by atoms with van der Waals surface area (Å²) in [5.41, 5.74) is 1.72. The lowest BCUT2D eigenvalue weighted by molar-refractivity contribution is -0.128. The first-order valence-corrected chi connectivity index (χ1v) is 11.3. The molecule has 1 aromatic heterocycles. The van der Waals surface area contributed by atoms with Crippen LogP contribution in [0, 0.1) is 5.92 Å². The molecule has 1 unspecified atom stereocenters. The molecule has 30 heavy (non-hydrogen) atoms. The van der Waals surface area contributed by atoms with Gasteiger partial charge in [0.05, 0.1) is 22.7 Å². The van der Waals surface area contributed by atoms with Crippen molar-refractivity contribution in [3.8, 4) is 0 Å². The molecule has 3 aromatic rings. The molecule has 0 spiro atoms. The monoisotopic (exact) mass is 423 g/mol. The maximum absolute atomic E-state index is 13.0. The molecule has 0 fully saturated rings. The molecular weight excluding hydrogens is 394 g/mol. The van der Waals surface area contributed by atoms with Gasteiger partial charge in [-0.2, -0.15) is 0 Å². The van der Waals surface area contributed by atoms with Gasteiger partial charge in [0.2, 0.25) is 5.91 Å². The van der Waals surface area contributed by atoms with E-state index in [-0.39, 0.29) is 23.3 Å². The van der Waals surface area contributed by atoms with Crippen LogP contribution in [0.2, 0.25) is 0 Å². The summed E-state index contributed by atoms with van der Waals surface area (Å²) in [6, 6.07) is 17.3. The fourth-order valence-electron chi connectivity index (χ4n) is 3.24. The lowest BCUT2D eigenvalue weighted by atomic mass is 10.1. The van der Waals surface area contributed by atoms with Crippen LogP contribution in [0.5, 0.6) is 0 Å². The smallest absolute Gasteiger partial charge is 0.262 e. The third kappa shape index (κ3) is 5.11. The van der Waals surface area contributed by atoms with Gasteiger partial charge in [-0.1, -0.05) is 68.1 Å². The van der Waals surface area contributed by atoms with Gasteiger partial charge in [0.1, 0.15) is 0 Å². The Hall–Kier alpha value is -2.60. The predicted molar refractivity (Wildman–Crippen MR) is 124 cm³/mol. The third-order valence-electron chi connectivity index (χ3n) is 5.34. The number of aromatic nitrogens is 2. The lowest BCUT2D eigenvalue weighted by Crippen LogP contribution is -2.31. The topological polar surface area (TPSA) is 55.2 Å². The molecule has 0 bridgehead atoms. The minimum Gasteiger partial charge on any atom is -0.338 e. The number of rotatable bonds is 8. The normalized spacial score (nSPS) is 12.3. The molecule has 0 saturated heterocycles. The third-order valence-corrected chi connectivity index (χ3v) is 6.30. The summed E-state index contributed by atoms with van der Waals surface area (Å²) in [5.74, 6) is 0.718. The van der Waals surface area contributed by atoms with E-state index in [1.807, 2.05) is 68.6 Å². The highest BCUT2D eigenvalue weighted by Crippen LogP contribution is 2.22. The summed E-state index contributed by atoms with van der Waals surface area (Å²) >= 11 is 1.34.